The molecule has 0 bridgehead atoms. The van der Waals surface area contributed by atoms with Gasteiger partial charge in [0.2, 0.25) is 0 Å². The Kier molecular flexibility index (Phi) is 16.6. The minimum atomic E-state index is -4.67. The van der Waals surface area contributed by atoms with Gasteiger partial charge in [-0.15, -0.1) is 0 Å². The van der Waals surface area contributed by atoms with Crippen molar-refractivity contribution in [2.75, 3.05) is 13.3 Å². The molecule has 1 saturated heterocycles. The average Bonchev–Trinajstić information content (AvgIpc) is 2.45. The lowest BCUT2D eigenvalue weighted by Gasteiger charge is -2.46. The molecule has 0 N–H and O–H groups in total. The van der Waals surface area contributed by atoms with E-state index in [1.165, 1.54) is 30.5 Å². The van der Waals surface area contributed by atoms with E-state index < -0.39 is 69.3 Å². The number of nitrogens with zero attached hydrogens (tertiary/aromatic N) is 4. The van der Waals surface area contributed by atoms with Gasteiger partial charge < -0.3 is 28.3 Å². The highest BCUT2D eigenvalue weighted by Crippen LogP contribution is 2.45. The number of carbonyl (C=O) groups is 2. The minimum absolute atomic E-state index is 0.00610. The van der Waals surface area contributed by atoms with Crippen LogP contribution in [0.3, 0.4) is 0 Å². The van der Waals surface area contributed by atoms with Gasteiger partial charge in [-0.1, -0.05) is 175 Å². The van der Waals surface area contributed by atoms with Crippen molar-refractivity contribution in [2.45, 2.75) is 73.8 Å². The Labute approximate surface area is 492 Å². The van der Waals surface area contributed by atoms with Crippen LogP contribution in [0, 0.1) is 6.92 Å². The second-order valence-corrected chi connectivity index (χ2v) is 24.1. The van der Waals surface area contributed by atoms with Crippen molar-refractivity contribution in [1.29, 1.82) is 0 Å². The molecule has 2 aliphatic rings. The lowest BCUT2D eigenvalue weighted by atomic mass is 9.96. The number of benzene rings is 7. The fraction of sp³-hybridized carbons (Fsp3) is 0.179. The number of para-hydroxylation sites is 1. The maximum Gasteiger partial charge on any atom is 0.297 e. The monoisotopic (exact) mass is 1170 g/mol. The Morgan fingerprint density at radius 3 is 1.61 bits per heavy atom. The van der Waals surface area contributed by atoms with Gasteiger partial charge in [0.05, 0.1) is 59.5 Å². The van der Waals surface area contributed by atoms with Crippen LogP contribution in [0.25, 0.3) is 33.1 Å². The SMILES string of the molecule is Cc1ccc(S(=O)(=O)O[C@@H]2[C@@H](OCc3ccccc3)[C@H](OCc3ccccc3)[C@@H](COCc3ccccc3)O[C@@H]2n2cc(C3=C(c4cn(S(=O)(=O)c5ccccc5)c5ccccc45)C(=O)N(COCc4ccccc4)C3=O)c3cccnc32)cc1. The van der Waals surface area contributed by atoms with E-state index >= 15 is 9.59 Å². The number of aromatic nitrogens is 3. The van der Waals surface area contributed by atoms with Crippen molar-refractivity contribution < 1.29 is 54.3 Å². The van der Waals surface area contributed by atoms with Crippen LogP contribution in [-0.2, 0) is 84.0 Å². The van der Waals surface area contributed by atoms with Crippen LogP contribution in [0.5, 0.6) is 0 Å². The van der Waals surface area contributed by atoms with Gasteiger partial charge in [-0.3, -0.25) is 13.8 Å². The zero-order valence-electron chi connectivity index (χ0n) is 46.1. The molecule has 16 nitrogen and oxygen atoms in total. The fourth-order valence-electron chi connectivity index (χ4n) is 10.8. The number of carbonyl (C=O) groups excluding carboxylic acids is 2. The number of imide groups is 1. The van der Waals surface area contributed by atoms with E-state index in [0.29, 0.717) is 10.8 Å². The number of pyridine rings is 1. The number of fused-ring (bicyclic) bond motifs is 2. The summed E-state index contributed by atoms with van der Waals surface area (Å²) in [6, 6.07) is 62.2. The third-order valence-electron chi connectivity index (χ3n) is 15.0. The van der Waals surface area contributed by atoms with Crippen LogP contribution < -0.4 is 0 Å². The quantitative estimate of drug-likeness (QED) is 0.0462. The second kappa shape index (κ2) is 24.9. The Bertz CT molecular complexity index is 4260. The molecule has 18 heteroatoms. The lowest BCUT2D eigenvalue weighted by Crippen LogP contribution is -2.59. The molecule has 0 saturated carbocycles. The molecule has 85 heavy (non-hydrogen) atoms. The molecule has 10 aromatic rings. The molecule has 2 aliphatic heterocycles. The highest BCUT2D eigenvalue weighted by atomic mass is 32.2. The molecule has 5 atom stereocenters. The van der Waals surface area contributed by atoms with Crippen LogP contribution in [0.1, 0.15) is 45.2 Å². The zero-order valence-corrected chi connectivity index (χ0v) is 47.7. The van der Waals surface area contributed by atoms with Crippen molar-refractivity contribution in [3.05, 3.63) is 270 Å². The summed E-state index contributed by atoms with van der Waals surface area (Å²) >= 11 is 0. The first-order chi connectivity index (χ1) is 41.4. The number of hydrogen-bond donors (Lipinski definition) is 0. The average molecular weight is 1180 g/mol. The summed E-state index contributed by atoms with van der Waals surface area (Å²) in [7, 11) is -8.95. The van der Waals surface area contributed by atoms with Gasteiger partial charge in [0, 0.05) is 40.5 Å². The Morgan fingerprint density at radius 2 is 1.01 bits per heavy atom. The zero-order chi connectivity index (χ0) is 58.5. The van der Waals surface area contributed by atoms with E-state index in [1.807, 2.05) is 128 Å². The largest absolute Gasteiger partial charge is 0.374 e. The highest BCUT2D eigenvalue weighted by Gasteiger charge is 2.52. The van der Waals surface area contributed by atoms with Crippen molar-refractivity contribution in [2.24, 2.45) is 0 Å². The topological polar surface area (TPSA) is 184 Å². The molecule has 0 aliphatic carbocycles. The summed E-state index contributed by atoms with van der Waals surface area (Å²) in [5.41, 5.74) is 4.71. The number of ether oxygens (including phenoxy) is 5. The summed E-state index contributed by atoms with van der Waals surface area (Å²) in [5, 5.41) is 0.724. The van der Waals surface area contributed by atoms with Gasteiger partial charge >= 0.3 is 0 Å². The smallest absolute Gasteiger partial charge is 0.297 e. The predicted molar refractivity (Wildman–Crippen MR) is 319 cm³/mol. The molecule has 0 spiro atoms. The maximum atomic E-state index is 15.6. The van der Waals surface area contributed by atoms with Crippen LogP contribution in [-0.4, -0.2) is 84.8 Å². The third-order valence-corrected chi connectivity index (χ3v) is 18.0. The van der Waals surface area contributed by atoms with Gasteiger partial charge in [-0.05, 0) is 71.6 Å². The van der Waals surface area contributed by atoms with Gasteiger partial charge in [-0.25, -0.2) is 22.3 Å². The first-order valence-electron chi connectivity index (χ1n) is 27.6. The molecule has 1 fully saturated rings. The van der Waals surface area contributed by atoms with E-state index in [4.69, 9.17) is 32.9 Å². The fourth-order valence-corrected chi connectivity index (χ4v) is 13.3. The molecular formula is C67H58N4O12S2. The lowest BCUT2D eigenvalue weighted by molar-refractivity contribution is -0.272. The molecule has 12 rings (SSSR count). The summed E-state index contributed by atoms with van der Waals surface area (Å²) < 4.78 is 102. The van der Waals surface area contributed by atoms with E-state index in [2.05, 4.69) is 0 Å². The minimum Gasteiger partial charge on any atom is -0.374 e. The van der Waals surface area contributed by atoms with Crippen molar-refractivity contribution in [3.8, 4) is 0 Å². The number of rotatable bonds is 22. The van der Waals surface area contributed by atoms with Gasteiger partial charge in [-0.2, -0.15) is 8.42 Å². The number of aryl methyl sites for hydroxylation is 1. The number of hydrogen-bond acceptors (Lipinski definition) is 13. The van der Waals surface area contributed by atoms with Gasteiger partial charge in [0.1, 0.15) is 30.7 Å². The molecule has 430 valence electrons. The molecule has 0 unspecified atom stereocenters. The molecule has 3 aromatic heterocycles. The van der Waals surface area contributed by atoms with Crippen LogP contribution in [0.4, 0.5) is 0 Å². The highest BCUT2D eigenvalue weighted by molar-refractivity contribution is 7.90. The Balaban J connectivity index is 1.04. The van der Waals surface area contributed by atoms with Crippen molar-refractivity contribution >= 4 is 65.0 Å². The van der Waals surface area contributed by atoms with Crippen LogP contribution in [0.2, 0.25) is 0 Å². The Morgan fingerprint density at radius 1 is 0.506 bits per heavy atom. The maximum absolute atomic E-state index is 15.6. The molecule has 7 aromatic carbocycles. The van der Waals surface area contributed by atoms with E-state index in [0.717, 1.165) is 36.7 Å². The van der Waals surface area contributed by atoms with Gasteiger partial charge in [0.25, 0.3) is 32.0 Å². The normalized spacial score (nSPS) is 18.5. The van der Waals surface area contributed by atoms with Crippen molar-refractivity contribution in [3.63, 3.8) is 0 Å². The van der Waals surface area contributed by atoms with E-state index in [-0.39, 0.29) is 76.3 Å². The summed E-state index contributed by atoms with van der Waals surface area (Å²) in [6.45, 7) is 1.60. The second-order valence-electron chi connectivity index (χ2n) is 20.7. The first kappa shape index (κ1) is 56.8. The summed E-state index contributed by atoms with van der Waals surface area (Å²) in [4.78, 5) is 36.8. The van der Waals surface area contributed by atoms with Gasteiger partial charge in [0.15, 0.2) is 12.3 Å². The van der Waals surface area contributed by atoms with Crippen LogP contribution in [0.15, 0.2) is 241 Å². The van der Waals surface area contributed by atoms with Crippen LogP contribution >= 0.6 is 0 Å². The van der Waals surface area contributed by atoms with E-state index in [1.54, 1.807) is 83.7 Å². The standard InChI is InChI=1S/C67H58N4O12S2/c1-46-33-35-52(36-34-46)85(76,77)83-63-62(81-43-50-26-13-5-14-27-50)61(80-42-49-24-11-4-12-25-49)58(44-78-40-47-20-7-2-8-21-47)82-67(63)69-38-55(54-31-19-37-68-64(54)69)59-60(66(73)70(65(59)72)45-79-41-48-22-9-3-10-23-48)56-39-71(57-32-18-17-30-53(56)57)84(74,75)51-28-15-6-16-29-51/h2-39,58,61-63,67H,40-45H2,1H3/t58-,61-,62+,63-,67+/m1/s1. The molecule has 0 radical (unpaired) electrons. The first-order valence-corrected chi connectivity index (χ1v) is 30.4. The Hall–Kier alpha value is -8.69. The summed E-state index contributed by atoms with van der Waals surface area (Å²) in [5.74, 6) is -1.50. The molecular weight excluding hydrogens is 1120 g/mol. The van der Waals surface area contributed by atoms with E-state index in [9.17, 15) is 16.8 Å². The molecule has 2 amide bonds. The number of amides is 2. The predicted octanol–water partition coefficient (Wildman–Crippen LogP) is 11.0. The molecule has 5 heterocycles. The third kappa shape index (κ3) is 11.9. The summed E-state index contributed by atoms with van der Waals surface area (Å²) in [6.07, 6.45) is -1.80. The van der Waals surface area contributed by atoms with Crippen molar-refractivity contribution in [1.82, 2.24) is 18.4 Å².